The lowest BCUT2D eigenvalue weighted by atomic mass is 9.99. The van der Waals surface area contributed by atoms with Gasteiger partial charge in [-0.1, -0.05) is 165 Å². The van der Waals surface area contributed by atoms with Gasteiger partial charge in [0, 0.05) is 6.42 Å². The molecule has 1 heterocycles. The van der Waals surface area contributed by atoms with Crippen LogP contribution >= 0.6 is 0 Å². The number of hydrogen-bond acceptors (Lipinski definition) is 8. The van der Waals surface area contributed by atoms with E-state index in [1.807, 2.05) is 0 Å². The minimum absolute atomic E-state index is 0.142. The second kappa shape index (κ2) is 35.6. The first kappa shape index (κ1) is 50.2. The van der Waals surface area contributed by atoms with E-state index in [0.717, 1.165) is 70.6 Å². The quantitative estimate of drug-likeness (QED) is 0.0278. The Morgan fingerprint density at radius 3 is 1.70 bits per heavy atom. The normalized spacial score (nSPS) is 21.9. The summed E-state index contributed by atoms with van der Waals surface area (Å²) in [5, 5.41) is 54.1. The first-order valence-electron chi connectivity index (χ1n) is 21.8. The highest BCUT2D eigenvalue weighted by Crippen LogP contribution is 2.23. The van der Waals surface area contributed by atoms with Gasteiger partial charge < -0.3 is 40.3 Å². The Morgan fingerprint density at radius 1 is 0.648 bits per heavy atom. The number of allylic oxidation sites excluding steroid dienone is 8. The second-order valence-electron chi connectivity index (χ2n) is 15.1. The summed E-state index contributed by atoms with van der Waals surface area (Å²) in [4.78, 5) is 12.9. The summed E-state index contributed by atoms with van der Waals surface area (Å²) >= 11 is 0. The Labute approximate surface area is 329 Å². The molecule has 0 saturated carbocycles. The molecule has 0 bridgehead atoms. The van der Waals surface area contributed by atoms with Crippen molar-refractivity contribution >= 4 is 5.91 Å². The van der Waals surface area contributed by atoms with E-state index in [1.165, 1.54) is 77.0 Å². The van der Waals surface area contributed by atoms with Crippen LogP contribution in [0.15, 0.2) is 48.6 Å². The Kier molecular flexibility index (Phi) is 33.0. The van der Waals surface area contributed by atoms with Gasteiger partial charge in [-0.2, -0.15) is 0 Å². The molecule has 1 saturated heterocycles. The molecule has 314 valence electrons. The molecule has 6 N–H and O–H groups in total. The maximum Gasteiger partial charge on any atom is 0.220 e. The molecule has 1 fully saturated rings. The lowest BCUT2D eigenvalue weighted by Crippen LogP contribution is -2.60. The van der Waals surface area contributed by atoms with Gasteiger partial charge in [0.2, 0.25) is 5.91 Å². The van der Waals surface area contributed by atoms with E-state index in [1.54, 1.807) is 0 Å². The van der Waals surface area contributed by atoms with E-state index in [9.17, 15) is 30.3 Å². The van der Waals surface area contributed by atoms with Gasteiger partial charge >= 0.3 is 0 Å². The Bertz CT molecular complexity index is 983. The van der Waals surface area contributed by atoms with Gasteiger partial charge in [0.05, 0.1) is 25.4 Å². The van der Waals surface area contributed by atoms with Crippen LogP contribution in [0.1, 0.15) is 174 Å². The minimum Gasteiger partial charge on any atom is -0.394 e. The molecule has 9 nitrogen and oxygen atoms in total. The van der Waals surface area contributed by atoms with E-state index in [4.69, 9.17) is 9.47 Å². The van der Waals surface area contributed by atoms with Gasteiger partial charge in [-0.25, -0.2) is 0 Å². The van der Waals surface area contributed by atoms with Crippen LogP contribution in [0.25, 0.3) is 0 Å². The standard InChI is InChI=1S/C45H81NO8/c1-3-5-7-9-11-13-14-15-16-17-18-19-20-21-22-23-24-25-26-27-29-31-33-35-41(49)46-38(39(48)34-32-30-28-12-10-8-6-4-2)37-53-45-44(52)43(51)42(50)40(36-47)54-45/h5,7,11,13,15-16,18-19,38-40,42-45,47-48,50-52H,3-4,6,8-10,12,14,17,20-37H2,1-2H3,(H,46,49)/b7-5-,13-11-,16-15-,19-18-. The van der Waals surface area contributed by atoms with Crippen molar-refractivity contribution < 1.29 is 39.8 Å². The molecule has 1 aliphatic heterocycles. The summed E-state index contributed by atoms with van der Waals surface area (Å²) in [6.45, 7) is 3.66. The fourth-order valence-electron chi connectivity index (χ4n) is 6.68. The van der Waals surface area contributed by atoms with Crippen LogP contribution in [0.4, 0.5) is 0 Å². The summed E-state index contributed by atoms with van der Waals surface area (Å²) in [6.07, 6.45) is 37.0. The van der Waals surface area contributed by atoms with E-state index in [2.05, 4.69) is 67.8 Å². The third-order valence-corrected chi connectivity index (χ3v) is 10.2. The van der Waals surface area contributed by atoms with Crippen molar-refractivity contribution in [2.45, 2.75) is 217 Å². The monoisotopic (exact) mass is 764 g/mol. The largest absolute Gasteiger partial charge is 0.394 e. The van der Waals surface area contributed by atoms with Crippen molar-refractivity contribution in [2.24, 2.45) is 0 Å². The van der Waals surface area contributed by atoms with E-state index in [0.29, 0.717) is 12.8 Å². The summed E-state index contributed by atoms with van der Waals surface area (Å²) in [6, 6.07) is -0.719. The van der Waals surface area contributed by atoms with Crippen LogP contribution in [0.3, 0.4) is 0 Å². The van der Waals surface area contributed by atoms with Gasteiger partial charge in [0.1, 0.15) is 24.4 Å². The summed E-state index contributed by atoms with van der Waals surface area (Å²) in [5.74, 6) is -0.155. The smallest absolute Gasteiger partial charge is 0.220 e. The van der Waals surface area contributed by atoms with Crippen LogP contribution in [-0.2, 0) is 14.3 Å². The number of ether oxygens (including phenoxy) is 2. The number of carbonyl (C=O) groups excluding carboxylic acids is 1. The highest BCUT2D eigenvalue weighted by atomic mass is 16.7. The third kappa shape index (κ3) is 26.1. The fourth-order valence-corrected chi connectivity index (χ4v) is 6.68. The number of rotatable bonds is 35. The topological polar surface area (TPSA) is 149 Å². The first-order valence-corrected chi connectivity index (χ1v) is 21.8. The molecule has 1 amide bonds. The zero-order chi connectivity index (χ0) is 39.5. The van der Waals surface area contributed by atoms with Crippen molar-refractivity contribution in [1.29, 1.82) is 0 Å². The molecule has 0 aromatic carbocycles. The number of hydrogen-bond donors (Lipinski definition) is 6. The molecule has 1 aliphatic rings. The molecule has 0 aliphatic carbocycles. The van der Waals surface area contributed by atoms with Gasteiger partial charge in [-0.05, 0) is 51.4 Å². The van der Waals surface area contributed by atoms with Crippen LogP contribution in [0, 0.1) is 0 Å². The van der Waals surface area contributed by atoms with Crippen LogP contribution < -0.4 is 5.32 Å². The van der Waals surface area contributed by atoms with Crippen LogP contribution in [0.5, 0.6) is 0 Å². The maximum absolute atomic E-state index is 12.9. The van der Waals surface area contributed by atoms with Gasteiger partial charge in [-0.3, -0.25) is 4.79 Å². The SMILES string of the molecule is CC/C=C\C/C=C\C/C=C\C/C=C\CCCCCCCCCCCCC(=O)NC(COC1OC(CO)C(O)C(O)C1O)C(O)CCCCCCCCCC. The average molecular weight is 764 g/mol. The summed E-state index contributed by atoms with van der Waals surface area (Å²) in [7, 11) is 0. The minimum atomic E-state index is -1.55. The highest BCUT2D eigenvalue weighted by Gasteiger charge is 2.44. The molecule has 7 atom stereocenters. The number of aliphatic hydroxyl groups is 5. The zero-order valence-corrected chi connectivity index (χ0v) is 34.2. The van der Waals surface area contributed by atoms with Crippen molar-refractivity contribution in [2.75, 3.05) is 13.2 Å². The molecule has 0 aromatic rings. The fraction of sp³-hybridized carbons (Fsp3) is 0.800. The number of aliphatic hydroxyl groups excluding tert-OH is 5. The Hall–Kier alpha value is -1.85. The number of unbranched alkanes of at least 4 members (excludes halogenated alkanes) is 17. The number of nitrogens with one attached hydrogen (secondary N) is 1. The van der Waals surface area contributed by atoms with E-state index >= 15 is 0 Å². The number of carbonyl (C=O) groups is 1. The first-order chi connectivity index (χ1) is 26.3. The van der Waals surface area contributed by atoms with Crippen LogP contribution in [-0.4, -0.2) is 87.5 Å². The molecule has 0 spiro atoms. The third-order valence-electron chi connectivity index (χ3n) is 10.2. The van der Waals surface area contributed by atoms with Crippen LogP contribution in [0.2, 0.25) is 0 Å². The maximum atomic E-state index is 12.9. The molecule has 54 heavy (non-hydrogen) atoms. The van der Waals surface area contributed by atoms with Gasteiger partial charge in [0.25, 0.3) is 0 Å². The molecule has 0 radical (unpaired) electrons. The van der Waals surface area contributed by atoms with Crippen molar-refractivity contribution in [3.63, 3.8) is 0 Å². The van der Waals surface area contributed by atoms with E-state index in [-0.39, 0.29) is 12.5 Å². The predicted octanol–water partition coefficient (Wildman–Crippen LogP) is 8.67. The molecular formula is C45H81NO8. The van der Waals surface area contributed by atoms with E-state index < -0.39 is 49.5 Å². The summed E-state index contributed by atoms with van der Waals surface area (Å²) < 4.78 is 11.2. The van der Waals surface area contributed by atoms with Crippen molar-refractivity contribution in [3.05, 3.63) is 48.6 Å². The number of amides is 1. The molecular weight excluding hydrogens is 682 g/mol. The van der Waals surface area contributed by atoms with Gasteiger partial charge in [-0.15, -0.1) is 0 Å². The zero-order valence-electron chi connectivity index (χ0n) is 34.2. The molecule has 9 heteroatoms. The van der Waals surface area contributed by atoms with Crippen molar-refractivity contribution in [1.82, 2.24) is 5.32 Å². The molecule has 7 unspecified atom stereocenters. The molecule has 1 rings (SSSR count). The van der Waals surface area contributed by atoms with Crippen molar-refractivity contribution in [3.8, 4) is 0 Å². The Balaban J connectivity index is 2.24. The Morgan fingerprint density at radius 2 is 1.15 bits per heavy atom. The van der Waals surface area contributed by atoms with Gasteiger partial charge in [0.15, 0.2) is 6.29 Å². The summed E-state index contributed by atoms with van der Waals surface area (Å²) in [5.41, 5.74) is 0. The highest BCUT2D eigenvalue weighted by molar-refractivity contribution is 5.76. The second-order valence-corrected chi connectivity index (χ2v) is 15.1. The lowest BCUT2D eigenvalue weighted by molar-refractivity contribution is -0.302. The lowest BCUT2D eigenvalue weighted by Gasteiger charge is -2.40. The average Bonchev–Trinajstić information content (AvgIpc) is 3.17. The molecule has 0 aromatic heterocycles. The predicted molar refractivity (Wildman–Crippen MR) is 221 cm³/mol.